The van der Waals surface area contributed by atoms with Crippen molar-refractivity contribution < 1.29 is 4.21 Å². The minimum Gasteiger partial charge on any atom is -0.249 e. The third kappa shape index (κ3) is 1.79. The van der Waals surface area contributed by atoms with E-state index in [-0.39, 0.29) is 0 Å². The van der Waals surface area contributed by atoms with E-state index in [2.05, 4.69) is 0 Å². The molecule has 0 radical (unpaired) electrons. The van der Waals surface area contributed by atoms with Crippen molar-refractivity contribution in [3.63, 3.8) is 0 Å². The first-order valence-corrected chi connectivity index (χ1v) is 5.69. The van der Waals surface area contributed by atoms with Crippen molar-refractivity contribution in [1.82, 2.24) is 0 Å². The van der Waals surface area contributed by atoms with Crippen molar-refractivity contribution in [2.45, 2.75) is 11.8 Å². The minimum absolute atomic E-state index is 0.302. The SMILES string of the molecule is CCS(=N)(=O)c1ccccc1Cl. The van der Waals surface area contributed by atoms with Gasteiger partial charge in [0.15, 0.2) is 0 Å². The summed E-state index contributed by atoms with van der Waals surface area (Å²) in [5, 5.41) is 0.416. The Labute approximate surface area is 77.5 Å². The Bertz CT molecular complexity index is 372. The van der Waals surface area contributed by atoms with Crippen LogP contribution in [0.25, 0.3) is 0 Å². The fourth-order valence-electron chi connectivity index (χ4n) is 0.868. The zero-order chi connectivity index (χ0) is 9.19. The Morgan fingerprint density at radius 3 is 2.58 bits per heavy atom. The second-order valence-electron chi connectivity index (χ2n) is 2.39. The summed E-state index contributed by atoms with van der Waals surface area (Å²) in [4.78, 5) is 0.439. The summed E-state index contributed by atoms with van der Waals surface area (Å²) in [6.45, 7) is 1.72. The minimum atomic E-state index is -2.66. The van der Waals surface area contributed by atoms with Crippen LogP contribution in [0.2, 0.25) is 5.02 Å². The summed E-state index contributed by atoms with van der Waals surface area (Å²) in [6, 6.07) is 6.80. The van der Waals surface area contributed by atoms with Gasteiger partial charge in [0, 0.05) is 5.75 Å². The number of rotatable bonds is 2. The molecule has 66 valence electrons. The molecule has 0 saturated heterocycles. The van der Waals surface area contributed by atoms with E-state index >= 15 is 0 Å². The topological polar surface area (TPSA) is 40.9 Å². The highest BCUT2D eigenvalue weighted by Crippen LogP contribution is 2.21. The van der Waals surface area contributed by atoms with Gasteiger partial charge in [-0.3, -0.25) is 0 Å². The average Bonchev–Trinajstić information content (AvgIpc) is 2.05. The van der Waals surface area contributed by atoms with Gasteiger partial charge in [-0.1, -0.05) is 30.7 Å². The molecule has 1 aromatic carbocycles. The molecule has 0 saturated carbocycles. The summed E-state index contributed by atoms with van der Waals surface area (Å²) >= 11 is 5.79. The summed E-state index contributed by atoms with van der Waals surface area (Å²) in [7, 11) is -2.66. The Kier molecular flexibility index (Phi) is 2.75. The lowest BCUT2D eigenvalue weighted by Crippen LogP contribution is -2.01. The quantitative estimate of drug-likeness (QED) is 0.789. The van der Waals surface area contributed by atoms with Crippen LogP contribution >= 0.6 is 11.6 Å². The fraction of sp³-hybridized carbons (Fsp3) is 0.250. The van der Waals surface area contributed by atoms with E-state index in [1.54, 1.807) is 31.2 Å². The van der Waals surface area contributed by atoms with Crippen molar-refractivity contribution >= 4 is 21.3 Å². The second kappa shape index (κ2) is 3.46. The van der Waals surface area contributed by atoms with E-state index in [1.165, 1.54) is 0 Å². The lowest BCUT2D eigenvalue weighted by atomic mass is 10.4. The van der Waals surface area contributed by atoms with Crippen LogP contribution in [0.4, 0.5) is 0 Å². The van der Waals surface area contributed by atoms with Crippen LogP contribution in [-0.2, 0) is 9.73 Å². The van der Waals surface area contributed by atoms with Crippen molar-refractivity contribution in [3.8, 4) is 0 Å². The van der Waals surface area contributed by atoms with Crippen LogP contribution in [0.1, 0.15) is 6.92 Å². The first-order chi connectivity index (χ1) is 5.58. The average molecular weight is 204 g/mol. The molecular weight excluding hydrogens is 194 g/mol. The maximum absolute atomic E-state index is 11.6. The first kappa shape index (κ1) is 9.55. The molecule has 0 fully saturated rings. The lowest BCUT2D eigenvalue weighted by Gasteiger charge is -2.05. The molecule has 1 atom stereocenters. The van der Waals surface area contributed by atoms with Gasteiger partial charge in [0.05, 0.1) is 19.6 Å². The molecule has 0 aromatic heterocycles. The molecule has 0 aliphatic carbocycles. The van der Waals surface area contributed by atoms with Gasteiger partial charge < -0.3 is 0 Å². The molecule has 1 unspecified atom stereocenters. The van der Waals surface area contributed by atoms with E-state index in [1.807, 2.05) is 0 Å². The van der Waals surface area contributed by atoms with E-state index in [0.717, 1.165) is 0 Å². The van der Waals surface area contributed by atoms with Crippen molar-refractivity contribution in [1.29, 1.82) is 4.78 Å². The van der Waals surface area contributed by atoms with E-state index < -0.39 is 9.73 Å². The standard InChI is InChI=1S/C8H10ClNOS/c1-2-12(10,11)8-6-4-3-5-7(8)9/h3-6,10H,2H2,1H3. The largest absolute Gasteiger partial charge is 0.249 e. The summed E-state index contributed by atoms with van der Waals surface area (Å²) < 4.78 is 19.1. The van der Waals surface area contributed by atoms with Crippen LogP contribution in [0.15, 0.2) is 29.2 Å². The Morgan fingerprint density at radius 1 is 1.50 bits per heavy atom. The van der Waals surface area contributed by atoms with Crippen LogP contribution in [-0.4, -0.2) is 9.96 Å². The van der Waals surface area contributed by atoms with Crippen molar-refractivity contribution in [3.05, 3.63) is 29.3 Å². The Morgan fingerprint density at radius 2 is 2.08 bits per heavy atom. The highest BCUT2D eigenvalue weighted by molar-refractivity contribution is 7.92. The lowest BCUT2D eigenvalue weighted by molar-refractivity contribution is 0.675. The highest BCUT2D eigenvalue weighted by Gasteiger charge is 2.10. The predicted molar refractivity (Wildman–Crippen MR) is 51.1 cm³/mol. The number of hydrogen-bond acceptors (Lipinski definition) is 2. The van der Waals surface area contributed by atoms with Crippen molar-refractivity contribution in [2.24, 2.45) is 0 Å². The molecule has 0 bridgehead atoms. The molecule has 0 spiro atoms. The monoisotopic (exact) mass is 203 g/mol. The summed E-state index contributed by atoms with van der Waals surface area (Å²) in [5.41, 5.74) is 0. The normalized spacial score (nSPS) is 15.5. The van der Waals surface area contributed by atoms with E-state index in [9.17, 15) is 4.21 Å². The van der Waals surface area contributed by atoms with Crippen LogP contribution in [0.5, 0.6) is 0 Å². The second-order valence-corrected chi connectivity index (χ2v) is 5.17. The van der Waals surface area contributed by atoms with Gasteiger partial charge in [-0.05, 0) is 12.1 Å². The molecule has 2 nitrogen and oxygen atoms in total. The zero-order valence-electron chi connectivity index (χ0n) is 6.71. The van der Waals surface area contributed by atoms with Gasteiger partial charge in [-0.2, -0.15) is 0 Å². The maximum atomic E-state index is 11.6. The molecule has 4 heteroatoms. The molecule has 0 aliphatic heterocycles. The van der Waals surface area contributed by atoms with Gasteiger partial charge >= 0.3 is 0 Å². The zero-order valence-corrected chi connectivity index (χ0v) is 8.28. The third-order valence-electron chi connectivity index (χ3n) is 1.60. The molecule has 0 aliphatic rings. The Balaban J connectivity index is 3.30. The van der Waals surface area contributed by atoms with E-state index in [0.29, 0.717) is 15.7 Å². The molecule has 1 N–H and O–H groups in total. The molecule has 0 heterocycles. The molecule has 12 heavy (non-hydrogen) atoms. The number of benzene rings is 1. The Hall–Kier alpha value is -0.540. The van der Waals surface area contributed by atoms with Crippen LogP contribution in [0.3, 0.4) is 0 Å². The van der Waals surface area contributed by atoms with Gasteiger partial charge in [0.1, 0.15) is 0 Å². The third-order valence-corrected chi connectivity index (χ3v) is 3.92. The maximum Gasteiger partial charge on any atom is 0.0738 e. The van der Waals surface area contributed by atoms with Gasteiger partial charge in [-0.15, -0.1) is 0 Å². The molecule has 1 rings (SSSR count). The molecule has 1 aromatic rings. The summed E-state index contributed by atoms with van der Waals surface area (Å²) in [5.74, 6) is 0.302. The van der Waals surface area contributed by atoms with Gasteiger partial charge in [-0.25, -0.2) is 8.99 Å². The summed E-state index contributed by atoms with van der Waals surface area (Å²) in [6.07, 6.45) is 0. The van der Waals surface area contributed by atoms with Crippen LogP contribution < -0.4 is 0 Å². The highest BCUT2D eigenvalue weighted by atomic mass is 35.5. The van der Waals surface area contributed by atoms with Crippen LogP contribution in [0, 0.1) is 4.78 Å². The first-order valence-electron chi connectivity index (χ1n) is 3.59. The number of nitrogens with one attached hydrogen (secondary N) is 1. The van der Waals surface area contributed by atoms with Gasteiger partial charge in [0.25, 0.3) is 0 Å². The van der Waals surface area contributed by atoms with Gasteiger partial charge in [0.2, 0.25) is 0 Å². The number of hydrogen-bond donors (Lipinski definition) is 1. The van der Waals surface area contributed by atoms with E-state index in [4.69, 9.17) is 16.4 Å². The molecule has 0 amide bonds. The molecular formula is C8H10ClNOS. The number of halogens is 1. The fourth-order valence-corrected chi connectivity index (χ4v) is 2.37. The predicted octanol–water partition coefficient (Wildman–Crippen LogP) is 2.77. The smallest absolute Gasteiger partial charge is 0.0738 e. The van der Waals surface area contributed by atoms with Crippen molar-refractivity contribution in [2.75, 3.05) is 5.75 Å².